The van der Waals surface area contributed by atoms with Crippen molar-refractivity contribution in [2.45, 2.75) is 32.6 Å². The summed E-state index contributed by atoms with van der Waals surface area (Å²) in [4.78, 5) is 0.858. The summed E-state index contributed by atoms with van der Waals surface area (Å²) in [6.45, 7) is 3.73. The van der Waals surface area contributed by atoms with Crippen LogP contribution in [0.1, 0.15) is 36.8 Å². The summed E-state index contributed by atoms with van der Waals surface area (Å²) in [5.41, 5.74) is 2.00. The van der Waals surface area contributed by atoms with Crippen molar-refractivity contribution in [1.82, 2.24) is 0 Å². The monoisotopic (exact) mass is 350 g/mol. The van der Waals surface area contributed by atoms with Gasteiger partial charge in [0.05, 0.1) is 11.8 Å². The Morgan fingerprint density at radius 2 is 2.17 bits per heavy atom. The molecule has 0 saturated carbocycles. The summed E-state index contributed by atoms with van der Waals surface area (Å²) in [7, 11) is -3.61. The van der Waals surface area contributed by atoms with Gasteiger partial charge in [0.1, 0.15) is 11.0 Å². The molecule has 0 aliphatic carbocycles. The summed E-state index contributed by atoms with van der Waals surface area (Å²) < 4.78 is 27.7. The molecular formula is C16H18N2O3S2. The van der Waals surface area contributed by atoms with Crippen LogP contribution in [-0.2, 0) is 14.4 Å². The molecule has 1 heterocycles. The molecule has 0 bridgehead atoms. The van der Waals surface area contributed by atoms with Crippen molar-refractivity contribution in [3.05, 3.63) is 46.4 Å². The van der Waals surface area contributed by atoms with Crippen LogP contribution in [0.3, 0.4) is 0 Å². The van der Waals surface area contributed by atoms with Crippen LogP contribution in [0.15, 0.2) is 40.4 Å². The lowest BCUT2D eigenvalue weighted by Gasteiger charge is -2.12. The van der Waals surface area contributed by atoms with Gasteiger partial charge >= 0.3 is 10.1 Å². The minimum Gasteiger partial charge on any atom is -0.268 e. The van der Waals surface area contributed by atoms with Crippen LogP contribution in [0, 0.1) is 18.3 Å². The number of thioether (sulfide) groups is 1. The summed E-state index contributed by atoms with van der Waals surface area (Å²) in [6, 6.07) is 10.0. The molecule has 1 unspecified atom stereocenters. The molecule has 1 aromatic rings. The number of aryl methyl sites for hydroxylation is 1. The lowest BCUT2D eigenvalue weighted by Crippen LogP contribution is -2.07. The first-order valence-electron chi connectivity index (χ1n) is 7.28. The van der Waals surface area contributed by atoms with E-state index in [1.165, 1.54) is 11.8 Å². The van der Waals surface area contributed by atoms with E-state index in [-0.39, 0.29) is 11.7 Å². The van der Waals surface area contributed by atoms with Crippen LogP contribution in [0.4, 0.5) is 0 Å². The van der Waals surface area contributed by atoms with Gasteiger partial charge in [-0.15, -0.1) is 0 Å². The van der Waals surface area contributed by atoms with Crippen molar-refractivity contribution in [2.24, 2.45) is 5.16 Å². The Kier molecular flexibility index (Phi) is 5.85. The highest BCUT2D eigenvalue weighted by Gasteiger charge is 2.24. The molecule has 0 amide bonds. The number of nitrogens with zero attached hydrogens (tertiary/aromatic N) is 2. The number of rotatable bonds is 6. The van der Waals surface area contributed by atoms with Gasteiger partial charge in [-0.1, -0.05) is 54.2 Å². The normalized spacial score (nSPS) is 17.6. The molecular weight excluding hydrogens is 332 g/mol. The molecule has 23 heavy (non-hydrogen) atoms. The largest absolute Gasteiger partial charge is 0.328 e. The predicted molar refractivity (Wildman–Crippen MR) is 92.4 cm³/mol. The van der Waals surface area contributed by atoms with E-state index in [0.29, 0.717) is 17.9 Å². The van der Waals surface area contributed by atoms with E-state index in [9.17, 15) is 13.7 Å². The van der Waals surface area contributed by atoms with E-state index in [1.807, 2.05) is 37.3 Å². The summed E-state index contributed by atoms with van der Waals surface area (Å²) >= 11 is 1.30. The second-order valence-corrected chi connectivity index (χ2v) is 7.97. The van der Waals surface area contributed by atoms with Crippen molar-refractivity contribution >= 4 is 26.9 Å². The fraction of sp³-hybridized carbons (Fsp3) is 0.375. The van der Waals surface area contributed by atoms with Crippen molar-refractivity contribution < 1.29 is 12.7 Å². The SMILES string of the molecule is CCCS(=O)(=O)ON=C1CC=C(C(C#N)c2ccccc2C)S1. The molecule has 0 N–H and O–H groups in total. The average molecular weight is 350 g/mol. The van der Waals surface area contributed by atoms with E-state index in [1.54, 1.807) is 6.92 Å². The van der Waals surface area contributed by atoms with Gasteiger partial charge in [0, 0.05) is 11.3 Å². The second kappa shape index (κ2) is 7.66. The summed E-state index contributed by atoms with van der Waals surface area (Å²) in [5, 5.41) is 13.8. The maximum absolute atomic E-state index is 11.5. The Labute approximate surface area is 141 Å². The number of benzene rings is 1. The minimum atomic E-state index is -3.61. The third kappa shape index (κ3) is 4.60. The minimum absolute atomic E-state index is 0.0568. The van der Waals surface area contributed by atoms with Gasteiger partial charge in [0.2, 0.25) is 0 Å². The van der Waals surface area contributed by atoms with Gasteiger partial charge < -0.3 is 0 Å². The quantitative estimate of drug-likeness (QED) is 0.731. The molecule has 2 rings (SSSR count). The molecule has 7 heteroatoms. The topological polar surface area (TPSA) is 79.5 Å². The first-order chi connectivity index (χ1) is 11.0. The Balaban J connectivity index is 2.10. The fourth-order valence-electron chi connectivity index (χ4n) is 2.22. The zero-order valence-electron chi connectivity index (χ0n) is 13.0. The molecule has 0 aromatic heterocycles. The third-order valence-corrected chi connectivity index (χ3v) is 5.66. The Bertz CT molecular complexity index is 777. The zero-order chi connectivity index (χ0) is 16.9. The van der Waals surface area contributed by atoms with E-state index in [4.69, 9.17) is 0 Å². The molecule has 5 nitrogen and oxygen atoms in total. The fourth-order valence-corrected chi connectivity index (χ4v) is 4.03. The predicted octanol–water partition coefficient (Wildman–Crippen LogP) is 3.69. The molecule has 0 spiro atoms. The van der Waals surface area contributed by atoms with Gasteiger partial charge in [-0.25, -0.2) is 0 Å². The van der Waals surface area contributed by atoms with Crippen LogP contribution in [0.2, 0.25) is 0 Å². The van der Waals surface area contributed by atoms with Crippen LogP contribution in [-0.4, -0.2) is 19.2 Å². The van der Waals surface area contributed by atoms with Gasteiger partial charge in [0.15, 0.2) is 0 Å². The van der Waals surface area contributed by atoms with Crippen molar-refractivity contribution in [2.75, 3.05) is 5.75 Å². The van der Waals surface area contributed by atoms with Gasteiger partial charge in [-0.2, -0.15) is 13.7 Å². The highest BCUT2D eigenvalue weighted by Crippen LogP contribution is 2.39. The van der Waals surface area contributed by atoms with Gasteiger partial charge in [-0.3, -0.25) is 4.28 Å². The van der Waals surface area contributed by atoms with Gasteiger partial charge in [-0.05, 0) is 24.5 Å². The first-order valence-corrected chi connectivity index (χ1v) is 9.67. The lowest BCUT2D eigenvalue weighted by molar-refractivity contribution is 0.339. The highest BCUT2D eigenvalue weighted by molar-refractivity contribution is 8.17. The molecule has 122 valence electrons. The van der Waals surface area contributed by atoms with Crippen molar-refractivity contribution in [3.8, 4) is 6.07 Å². The van der Waals surface area contributed by atoms with Crippen LogP contribution >= 0.6 is 11.8 Å². The van der Waals surface area contributed by atoms with E-state index < -0.39 is 10.1 Å². The van der Waals surface area contributed by atoms with E-state index in [2.05, 4.69) is 15.5 Å². The molecule has 1 aromatic carbocycles. The maximum Gasteiger partial charge on any atom is 0.328 e. The third-order valence-electron chi connectivity index (χ3n) is 3.33. The number of hydrogen-bond acceptors (Lipinski definition) is 6. The maximum atomic E-state index is 11.5. The van der Waals surface area contributed by atoms with Crippen molar-refractivity contribution in [3.63, 3.8) is 0 Å². The smallest absolute Gasteiger partial charge is 0.268 e. The van der Waals surface area contributed by atoms with Crippen LogP contribution in [0.5, 0.6) is 0 Å². The Hall–Kier alpha value is -1.78. The summed E-state index contributed by atoms with van der Waals surface area (Å²) in [6.07, 6.45) is 2.86. The number of allylic oxidation sites excluding steroid dienone is 2. The zero-order valence-corrected chi connectivity index (χ0v) is 14.7. The number of oxime groups is 1. The standard InChI is InChI=1S/C16H18N2O3S2/c1-3-10-23(19,20)21-18-16-9-8-15(22-16)14(11-17)13-7-5-4-6-12(13)2/h4-8,14H,3,9-10H2,1-2H3. The average Bonchev–Trinajstić information content (AvgIpc) is 2.97. The molecule has 1 aliphatic rings. The lowest BCUT2D eigenvalue weighted by atomic mass is 9.95. The van der Waals surface area contributed by atoms with Crippen molar-refractivity contribution in [1.29, 1.82) is 5.26 Å². The van der Waals surface area contributed by atoms with Gasteiger partial charge in [0.25, 0.3) is 0 Å². The second-order valence-electron chi connectivity index (χ2n) is 5.15. The number of hydrogen-bond donors (Lipinski definition) is 0. The molecule has 1 atom stereocenters. The van der Waals surface area contributed by atoms with Crippen LogP contribution < -0.4 is 0 Å². The highest BCUT2D eigenvalue weighted by atomic mass is 32.2. The first kappa shape index (κ1) is 17.6. The van der Waals surface area contributed by atoms with E-state index >= 15 is 0 Å². The van der Waals surface area contributed by atoms with Crippen LogP contribution in [0.25, 0.3) is 0 Å². The molecule has 0 fully saturated rings. The molecule has 0 saturated heterocycles. The van der Waals surface area contributed by atoms with E-state index in [0.717, 1.165) is 16.0 Å². The summed E-state index contributed by atoms with van der Waals surface area (Å²) in [5.74, 6) is -0.431. The molecule has 0 radical (unpaired) electrons. The Morgan fingerprint density at radius 3 is 2.83 bits per heavy atom. The Morgan fingerprint density at radius 1 is 1.43 bits per heavy atom. The molecule has 1 aliphatic heterocycles. The number of nitriles is 1.